The Balaban J connectivity index is 2.61. The van der Waals surface area contributed by atoms with Crippen molar-refractivity contribution in [1.29, 1.82) is 0 Å². The molecular weight excluding hydrogens is 251 g/mol. The summed E-state index contributed by atoms with van der Waals surface area (Å²) in [6.45, 7) is 1.96. The predicted molar refractivity (Wildman–Crippen MR) is 70.6 cm³/mol. The van der Waals surface area contributed by atoms with E-state index in [4.69, 9.17) is 10.9 Å². The van der Waals surface area contributed by atoms with Gasteiger partial charge in [0.1, 0.15) is 11.7 Å². The van der Waals surface area contributed by atoms with Crippen LogP contribution in [0, 0.1) is 11.7 Å². The summed E-state index contributed by atoms with van der Waals surface area (Å²) in [6.07, 6.45) is 0. The Labute approximate surface area is 110 Å². The van der Waals surface area contributed by atoms with Crippen LogP contribution in [0.3, 0.4) is 0 Å². The summed E-state index contributed by atoms with van der Waals surface area (Å²) in [5.41, 5.74) is 5.53. The molecule has 7 heteroatoms. The zero-order chi connectivity index (χ0) is 14.4. The molecular formula is C12H17FN4O2. The van der Waals surface area contributed by atoms with E-state index < -0.39 is 11.8 Å². The lowest BCUT2D eigenvalue weighted by Crippen LogP contribution is -2.38. The molecule has 0 aliphatic rings. The quantitative estimate of drug-likeness (QED) is 0.336. The van der Waals surface area contributed by atoms with E-state index in [1.807, 2.05) is 0 Å². The first-order valence-electron chi connectivity index (χ1n) is 5.69. The molecule has 0 aliphatic heterocycles. The molecule has 1 atom stereocenters. The first-order valence-corrected chi connectivity index (χ1v) is 5.69. The first-order chi connectivity index (χ1) is 8.95. The molecule has 0 saturated carbocycles. The van der Waals surface area contributed by atoms with Crippen molar-refractivity contribution < 1.29 is 14.4 Å². The van der Waals surface area contributed by atoms with Crippen molar-refractivity contribution in [2.45, 2.75) is 6.92 Å². The third-order valence-electron chi connectivity index (χ3n) is 2.63. The first kappa shape index (κ1) is 14.7. The molecule has 19 heavy (non-hydrogen) atoms. The summed E-state index contributed by atoms with van der Waals surface area (Å²) in [5.74, 6) is -0.777. The van der Waals surface area contributed by atoms with Gasteiger partial charge < -0.3 is 21.2 Å². The maximum Gasteiger partial charge on any atom is 0.321 e. The summed E-state index contributed by atoms with van der Waals surface area (Å²) in [5, 5.41) is 13.8. The van der Waals surface area contributed by atoms with Crippen LogP contribution in [0.4, 0.5) is 14.9 Å². The Morgan fingerprint density at radius 3 is 2.79 bits per heavy atom. The zero-order valence-corrected chi connectivity index (χ0v) is 10.8. The summed E-state index contributed by atoms with van der Waals surface area (Å²) in [4.78, 5) is 13.1. The van der Waals surface area contributed by atoms with Gasteiger partial charge in [-0.2, -0.15) is 0 Å². The lowest BCUT2D eigenvalue weighted by Gasteiger charge is -2.21. The normalized spacial score (nSPS) is 12.9. The van der Waals surface area contributed by atoms with Crippen molar-refractivity contribution in [1.82, 2.24) is 4.90 Å². The van der Waals surface area contributed by atoms with Gasteiger partial charge in [-0.15, -0.1) is 0 Å². The number of rotatable bonds is 4. The standard InChI is InChI=1S/C12H17FN4O2/c1-8(11(14)16-19)7-17(2)12(18)15-10-6-4-3-5-9(10)13/h3-6,8,19H,7H2,1-2H3,(H2,14,16)(H,15,18). The summed E-state index contributed by atoms with van der Waals surface area (Å²) in [6, 6.07) is 5.41. The van der Waals surface area contributed by atoms with Crippen LogP contribution >= 0.6 is 0 Å². The van der Waals surface area contributed by atoms with Crippen LogP contribution in [0.1, 0.15) is 6.92 Å². The molecule has 2 amide bonds. The van der Waals surface area contributed by atoms with Gasteiger partial charge in [-0.1, -0.05) is 24.2 Å². The highest BCUT2D eigenvalue weighted by Crippen LogP contribution is 2.13. The molecule has 0 aliphatic carbocycles. The topological polar surface area (TPSA) is 91.0 Å². The fraction of sp³-hybridized carbons (Fsp3) is 0.333. The number of nitrogens with zero attached hydrogens (tertiary/aromatic N) is 2. The highest BCUT2D eigenvalue weighted by molar-refractivity contribution is 5.90. The van der Waals surface area contributed by atoms with Crippen LogP contribution < -0.4 is 11.1 Å². The van der Waals surface area contributed by atoms with Crippen LogP contribution in [0.25, 0.3) is 0 Å². The van der Waals surface area contributed by atoms with Crippen molar-refractivity contribution in [2.75, 3.05) is 18.9 Å². The van der Waals surface area contributed by atoms with Gasteiger partial charge in [-0.25, -0.2) is 9.18 Å². The second-order valence-electron chi connectivity index (χ2n) is 4.22. The molecule has 4 N–H and O–H groups in total. The second kappa shape index (κ2) is 6.58. The fourth-order valence-electron chi connectivity index (χ4n) is 1.46. The monoisotopic (exact) mass is 268 g/mol. The SMILES string of the molecule is CC(CN(C)C(=O)Nc1ccccc1F)C(N)=NO. The summed E-state index contributed by atoms with van der Waals surface area (Å²) < 4.78 is 13.4. The van der Waals surface area contributed by atoms with E-state index in [1.54, 1.807) is 13.0 Å². The number of urea groups is 1. The van der Waals surface area contributed by atoms with Crippen LogP contribution in [-0.4, -0.2) is 35.6 Å². The van der Waals surface area contributed by atoms with E-state index in [9.17, 15) is 9.18 Å². The number of anilines is 1. The summed E-state index contributed by atoms with van der Waals surface area (Å²) >= 11 is 0. The van der Waals surface area contributed by atoms with Crippen molar-refractivity contribution in [3.8, 4) is 0 Å². The number of amidine groups is 1. The number of amides is 2. The lowest BCUT2D eigenvalue weighted by atomic mass is 10.1. The minimum atomic E-state index is -0.506. The Kier molecular flexibility index (Phi) is 5.11. The average molecular weight is 268 g/mol. The molecule has 104 valence electrons. The molecule has 0 bridgehead atoms. The van der Waals surface area contributed by atoms with Crippen LogP contribution in [-0.2, 0) is 0 Å². The molecule has 0 radical (unpaired) electrons. The van der Waals surface area contributed by atoms with Gasteiger partial charge in [0.05, 0.1) is 5.69 Å². The molecule has 0 aromatic heterocycles. The lowest BCUT2D eigenvalue weighted by molar-refractivity contribution is 0.219. The largest absolute Gasteiger partial charge is 0.409 e. The van der Waals surface area contributed by atoms with E-state index in [0.717, 1.165) is 0 Å². The maximum atomic E-state index is 13.4. The number of hydrogen-bond acceptors (Lipinski definition) is 3. The van der Waals surface area contributed by atoms with E-state index in [0.29, 0.717) is 0 Å². The Hall–Kier alpha value is -2.31. The van der Waals surface area contributed by atoms with Gasteiger partial charge in [0.15, 0.2) is 0 Å². The molecule has 1 rings (SSSR count). The highest BCUT2D eigenvalue weighted by atomic mass is 19.1. The second-order valence-corrected chi connectivity index (χ2v) is 4.22. The van der Waals surface area contributed by atoms with E-state index in [-0.39, 0.29) is 24.0 Å². The van der Waals surface area contributed by atoms with Crippen LogP contribution in [0.2, 0.25) is 0 Å². The molecule has 1 aromatic rings. The predicted octanol–water partition coefficient (Wildman–Crippen LogP) is 1.67. The Morgan fingerprint density at radius 1 is 1.58 bits per heavy atom. The number of nitrogens with one attached hydrogen (secondary N) is 1. The highest BCUT2D eigenvalue weighted by Gasteiger charge is 2.16. The molecule has 1 unspecified atom stereocenters. The van der Waals surface area contributed by atoms with Gasteiger partial charge in [-0.05, 0) is 12.1 Å². The Morgan fingerprint density at radius 2 is 2.21 bits per heavy atom. The van der Waals surface area contributed by atoms with Crippen LogP contribution in [0.15, 0.2) is 29.4 Å². The number of nitrogens with two attached hydrogens (primary N) is 1. The van der Waals surface area contributed by atoms with E-state index in [1.165, 1.54) is 30.1 Å². The number of oxime groups is 1. The third kappa shape index (κ3) is 4.13. The number of halogens is 1. The van der Waals surface area contributed by atoms with Crippen molar-refractivity contribution >= 4 is 17.6 Å². The van der Waals surface area contributed by atoms with Crippen molar-refractivity contribution in [2.24, 2.45) is 16.8 Å². The minimum Gasteiger partial charge on any atom is -0.409 e. The molecule has 0 spiro atoms. The smallest absolute Gasteiger partial charge is 0.321 e. The average Bonchev–Trinajstić information content (AvgIpc) is 2.40. The van der Waals surface area contributed by atoms with Gasteiger partial charge in [0, 0.05) is 19.5 Å². The molecule has 0 fully saturated rings. The fourth-order valence-corrected chi connectivity index (χ4v) is 1.46. The van der Waals surface area contributed by atoms with Gasteiger partial charge in [-0.3, -0.25) is 0 Å². The zero-order valence-electron chi connectivity index (χ0n) is 10.8. The summed E-state index contributed by atoms with van der Waals surface area (Å²) in [7, 11) is 1.54. The minimum absolute atomic E-state index is 0.0329. The molecule has 0 heterocycles. The van der Waals surface area contributed by atoms with Crippen molar-refractivity contribution in [3.63, 3.8) is 0 Å². The molecule has 0 saturated heterocycles. The van der Waals surface area contributed by atoms with E-state index in [2.05, 4.69) is 10.5 Å². The Bertz CT molecular complexity index is 479. The van der Waals surface area contributed by atoms with Gasteiger partial charge in [0.25, 0.3) is 0 Å². The molecule has 6 nitrogen and oxygen atoms in total. The number of benzene rings is 1. The number of hydrogen-bond donors (Lipinski definition) is 3. The van der Waals surface area contributed by atoms with Crippen LogP contribution in [0.5, 0.6) is 0 Å². The third-order valence-corrected chi connectivity index (χ3v) is 2.63. The maximum absolute atomic E-state index is 13.4. The number of carbonyl (C=O) groups is 1. The van der Waals surface area contributed by atoms with E-state index >= 15 is 0 Å². The number of para-hydroxylation sites is 1. The van der Waals surface area contributed by atoms with Crippen molar-refractivity contribution in [3.05, 3.63) is 30.1 Å². The van der Waals surface area contributed by atoms with Gasteiger partial charge >= 0.3 is 6.03 Å². The van der Waals surface area contributed by atoms with Gasteiger partial charge in [0.2, 0.25) is 0 Å². The number of carbonyl (C=O) groups excluding carboxylic acids is 1. The molecule has 1 aromatic carbocycles.